The molecule has 11 heteroatoms. The zero-order valence-electron chi connectivity index (χ0n) is 23.6. The number of fused-ring (bicyclic) bond motifs is 1. The molecule has 2 aromatic rings. The third-order valence-electron chi connectivity index (χ3n) is 6.10. The van der Waals surface area contributed by atoms with Gasteiger partial charge in [0.25, 0.3) is 5.91 Å². The highest BCUT2D eigenvalue weighted by molar-refractivity contribution is 6.76. The van der Waals surface area contributed by atoms with Gasteiger partial charge in [-0.05, 0) is 33.7 Å². The van der Waals surface area contributed by atoms with Gasteiger partial charge in [0, 0.05) is 52.9 Å². The lowest BCUT2D eigenvalue weighted by Crippen LogP contribution is -2.48. The van der Waals surface area contributed by atoms with Gasteiger partial charge in [0.1, 0.15) is 24.0 Å². The van der Waals surface area contributed by atoms with Crippen LogP contribution in [0.3, 0.4) is 0 Å². The van der Waals surface area contributed by atoms with E-state index in [1.165, 1.54) is 0 Å². The molecule has 37 heavy (non-hydrogen) atoms. The van der Waals surface area contributed by atoms with Crippen molar-refractivity contribution in [2.75, 3.05) is 26.2 Å². The Morgan fingerprint density at radius 1 is 1.24 bits per heavy atom. The summed E-state index contributed by atoms with van der Waals surface area (Å²) in [5.41, 5.74) is 0.970. The summed E-state index contributed by atoms with van der Waals surface area (Å²) in [4.78, 5) is 36.2. The molecule has 3 heterocycles. The summed E-state index contributed by atoms with van der Waals surface area (Å²) in [5.74, 6) is 0.225. The van der Waals surface area contributed by atoms with Gasteiger partial charge in [-0.3, -0.25) is 4.79 Å². The first-order chi connectivity index (χ1) is 17.3. The maximum Gasteiger partial charge on any atom is 0.410 e. The van der Waals surface area contributed by atoms with Crippen LogP contribution >= 0.6 is 0 Å². The second-order valence-corrected chi connectivity index (χ2v) is 17.6. The van der Waals surface area contributed by atoms with Crippen molar-refractivity contribution in [3.8, 4) is 5.88 Å². The lowest BCUT2D eigenvalue weighted by Gasteiger charge is -2.37. The number of ether oxygens (including phenoxy) is 3. The van der Waals surface area contributed by atoms with E-state index in [-0.39, 0.29) is 24.0 Å². The Hall–Kier alpha value is -2.66. The fourth-order valence-corrected chi connectivity index (χ4v) is 4.86. The van der Waals surface area contributed by atoms with Crippen LogP contribution < -0.4 is 10.1 Å². The van der Waals surface area contributed by atoms with Gasteiger partial charge in [-0.2, -0.15) is 0 Å². The van der Waals surface area contributed by atoms with E-state index in [2.05, 4.69) is 34.9 Å². The highest BCUT2D eigenvalue weighted by Crippen LogP contribution is 2.26. The van der Waals surface area contributed by atoms with E-state index < -0.39 is 13.7 Å². The van der Waals surface area contributed by atoms with Crippen LogP contribution in [0, 0.1) is 5.92 Å². The Labute approximate surface area is 221 Å². The van der Waals surface area contributed by atoms with E-state index >= 15 is 0 Å². The third-order valence-corrected chi connectivity index (χ3v) is 7.81. The highest BCUT2D eigenvalue weighted by Gasteiger charge is 2.33. The minimum atomic E-state index is -1.20. The molecule has 0 bridgehead atoms. The molecule has 206 valence electrons. The van der Waals surface area contributed by atoms with Crippen molar-refractivity contribution in [1.29, 1.82) is 0 Å². The standard InChI is InChI=1S/C26H43N5O5Si/c1-9-27-24(32)19-16-31(17-34-12-13-37(6,7)8)23-22(19)29-21(14-28-23)35-20-10-11-30(15-18(20)2)25(33)36-26(3,4)5/h14,16,18,20H,9-13,15,17H2,1-8H3,(H,27,32)/t18-,20-/m1/s1. The maximum atomic E-state index is 12.8. The van der Waals surface area contributed by atoms with Crippen molar-refractivity contribution in [2.24, 2.45) is 5.92 Å². The normalized spacial score (nSPS) is 18.6. The molecule has 0 aromatic carbocycles. The quantitative estimate of drug-likeness (QED) is 0.373. The average molecular weight is 534 g/mol. The summed E-state index contributed by atoms with van der Waals surface area (Å²) in [6.07, 6.45) is 3.55. The van der Waals surface area contributed by atoms with Crippen LogP contribution in [0.2, 0.25) is 25.7 Å². The summed E-state index contributed by atoms with van der Waals surface area (Å²) in [6.45, 7) is 19.0. The Kier molecular flexibility index (Phi) is 9.22. The molecule has 0 aliphatic carbocycles. The summed E-state index contributed by atoms with van der Waals surface area (Å²) in [7, 11) is -1.20. The third kappa shape index (κ3) is 8.16. The smallest absolute Gasteiger partial charge is 0.410 e. The number of hydrogen-bond acceptors (Lipinski definition) is 7. The van der Waals surface area contributed by atoms with Gasteiger partial charge in [-0.25, -0.2) is 14.8 Å². The fourth-order valence-electron chi connectivity index (χ4n) is 4.10. The monoisotopic (exact) mass is 533 g/mol. The molecular weight excluding hydrogens is 490 g/mol. The zero-order chi connectivity index (χ0) is 27.4. The Balaban J connectivity index is 1.73. The number of carbonyl (C=O) groups excluding carboxylic acids is 2. The van der Waals surface area contributed by atoms with E-state index in [0.717, 1.165) is 6.04 Å². The number of nitrogens with zero attached hydrogens (tertiary/aromatic N) is 4. The topological polar surface area (TPSA) is 108 Å². The van der Waals surface area contributed by atoms with Crippen molar-refractivity contribution < 1.29 is 23.8 Å². The van der Waals surface area contributed by atoms with Crippen molar-refractivity contribution in [1.82, 2.24) is 24.8 Å². The molecule has 0 radical (unpaired) electrons. The van der Waals surface area contributed by atoms with Crippen LogP contribution in [0.5, 0.6) is 5.88 Å². The van der Waals surface area contributed by atoms with Crippen LogP contribution in [0.25, 0.3) is 11.2 Å². The minimum Gasteiger partial charge on any atom is -0.473 e. The molecule has 3 rings (SSSR count). The van der Waals surface area contributed by atoms with E-state index in [4.69, 9.17) is 14.2 Å². The predicted octanol–water partition coefficient (Wildman–Crippen LogP) is 4.52. The zero-order valence-corrected chi connectivity index (χ0v) is 24.6. The molecule has 2 atom stereocenters. The Morgan fingerprint density at radius 2 is 1.97 bits per heavy atom. The molecule has 1 aliphatic heterocycles. The van der Waals surface area contributed by atoms with Crippen LogP contribution in [0.15, 0.2) is 12.4 Å². The fraction of sp³-hybridized carbons (Fsp3) is 0.692. The molecular formula is C26H43N5O5Si. The summed E-state index contributed by atoms with van der Waals surface area (Å²) in [6, 6.07) is 1.06. The van der Waals surface area contributed by atoms with E-state index in [1.54, 1.807) is 17.3 Å². The van der Waals surface area contributed by atoms with Crippen molar-refractivity contribution in [2.45, 2.75) is 85.2 Å². The largest absolute Gasteiger partial charge is 0.473 e. The molecule has 1 fully saturated rings. The number of amides is 2. The van der Waals surface area contributed by atoms with Crippen molar-refractivity contribution in [3.05, 3.63) is 18.0 Å². The first-order valence-corrected chi connectivity index (χ1v) is 16.8. The molecule has 1 aliphatic rings. The molecule has 0 unspecified atom stereocenters. The number of hydrogen-bond donors (Lipinski definition) is 1. The minimum absolute atomic E-state index is 0.0750. The van der Waals surface area contributed by atoms with Gasteiger partial charge in [-0.1, -0.05) is 26.6 Å². The number of piperidine rings is 1. The highest BCUT2D eigenvalue weighted by atomic mass is 28.3. The van der Waals surface area contributed by atoms with Gasteiger partial charge >= 0.3 is 6.09 Å². The summed E-state index contributed by atoms with van der Waals surface area (Å²) >= 11 is 0. The molecule has 2 aromatic heterocycles. The number of likely N-dealkylation sites (tertiary alicyclic amines) is 1. The summed E-state index contributed by atoms with van der Waals surface area (Å²) in [5, 5.41) is 2.85. The van der Waals surface area contributed by atoms with Gasteiger partial charge in [0.2, 0.25) is 5.88 Å². The van der Waals surface area contributed by atoms with Crippen LogP contribution in [0.4, 0.5) is 4.79 Å². The molecule has 0 spiro atoms. The number of rotatable bonds is 9. The molecule has 2 amide bonds. The first-order valence-electron chi connectivity index (χ1n) is 13.1. The number of carbonyl (C=O) groups is 2. The molecule has 10 nitrogen and oxygen atoms in total. The molecule has 1 N–H and O–H groups in total. The lowest BCUT2D eigenvalue weighted by molar-refractivity contribution is -0.000358. The Morgan fingerprint density at radius 3 is 2.59 bits per heavy atom. The van der Waals surface area contributed by atoms with Gasteiger partial charge in [-0.15, -0.1) is 0 Å². The van der Waals surface area contributed by atoms with Crippen LogP contribution in [0.1, 0.15) is 51.4 Å². The van der Waals surface area contributed by atoms with E-state index in [1.807, 2.05) is 39.2 Å². The number of aromatic nitrogens is 3. The number of nitrogens with one attached hydrogen (secondary N) is 1. The molecule has 0 saturated carbocycles. The van der Waals surface area contributed by atoms with Gasteiger partial charge in [0.15, 0.2) is 5.65 Å². The first kappa shape index (κ1) is 28.9. The van der Waals surface area contributed by atoms with E-state index in [9.17, 15) is 9.59 Å². The van der Waals surface area contributed by atoms with Gasteiger partial charge in [0.05, 0.1) is 11.8 Å². The SMILES string of the molecule is CCNC(=O)c1cn(COCC[Si](C)(C)C)c2ncc(O[C@@H]3CCN(C(=O)OC(C)(C)C)C[C@H]3C)nc12. The molecule has 1 saturated heterocycles. The van der Waals surface area contributed by atoms with Crippen LogP contribution in [-0.2, 0) is 16.2 Å². The Bertz CT molecular complexity index is 1090. The van der Waals surface area contributed by atoms with Crippen molar-refractivity contribution >= 4 is 31.2 Å². The average Bonchev–Trinajstić information content (AvgIpc) is 3.14. The van der Waals surface area contributed by atoms with Crippen molar-refractivity contribution in [3.63, 3.8) is 0 Å². The van der Waals surface area contributed by atoms with E-state index in [0.29, 0.717) is 62.0 Å². The summed E-state index contributed by atoms with van der Waals surface area (Å²) < 4.78 is 19.5. The lowest BCUT2D eigenvalue weighted by atomic mass is 9.97. The second kappa shape index (κ2) is 11.8. The second-order valence-electron chi connectivity index (χ2n) is 11.9. The van der Waals surface area contributed by atoms with Crippen LogP contribution in [-0.4, -0.2) is 77.5 Å². The maximum absolute atomic E-state index is 12.8. The predicted molar refractivity (Wildman–Crippen MR) is 146 cm³/mol. The van der Waals surface area contributed by atoms with Gasteiger partial charge < -0.3 is 29.0 Å².